The summed E-state index contributed by atoms with van der Waals surface area (Å²) in [4.78, 5) is 36.7. The molecule has 3 aromatic rings. The fraction of sp³-hybridized carbons (Fsp3) is 0.423. The highest BCUT2D eigenvalue weighted by Crippen LogP contribution is 2.35. The van der Waals surface area contributed by atoms with Crippen molar-refractivity contribution in [2.45, 2.75) is 50.5 Å². The van der Waals surface area contributed by atoms with Gasteiger partial charge in [-0.2, -0.15) is 0 Å². The Morgan fingerprint density at radius 3 is 2.45 bits per heavy atom. The number of carbonyl (C=O) groups excluding carboxylic acids is 1. The number of nitrogens with zero attached hydrogens (tertiary/aromatic N) is 3. The number of benzene rings is 1. The molecule has 0 unspecified atom stereocenters. The van der Waals surface area contributed by atoms with Crippen LogP contribution in [0.2, 0.25) is 0 Å². The molecule has 2 saturated heterocycles. The number of likely N-dealkylation sites (tertiary alicyclic amines) is 1. The number of amides is 1. The lowest BCUT2D eigenvalue weighted by Gasteiger charge is -2.32. The summed E-state index contributed by atoms with van der Waals surface area (Å²) < 4.78 is 0. The Kier molecular flexibility index (Phi) is 5.14. The molecule has 0 radical (unpaired) electrons. The molecule has 2 aliphatic heterocycles. The quantitative estimate of drug-likeness (QED) is 0.620. The van der Waals surface area contributed by atoms with Crippen LogP contribution in [0.5, 0.6) is 0 Å². The molecule has 7 nitrogen and oxygen atoms in total. The molecule has 170 valence electrons. The number of aromatic amines is 1. The second-order valence-electron chi connectivity index (χ2n) is 9.54. The van der Waals surface area contributed by atoms with E-state index in [4.69, 9.17) is 4.98 Å². The molecule has 0 bridgehead atoms. The van der Waals surface area contributed by atoms with Crippen LogP contribution in [0.3, 0.4) is 0 Å². The van der Waals surface area contributed by atoms with Gasteiger partial charge in [0.25, 0.3) is 5.56 Å². The molecule has 2 aromatic heterocycles. The Labute approximate surface area is 192 Å². The number of anilines is 3. The van der Waals surface area contributed by atoms with Crippen molar-refractivity contribution >= 4 is 34.0 Å². The number of carbonyl (C=O) groups is 1. The maximum atomic E-state index is 12.6. The first-order chi connectivity index (χ1) is 16.2. The third-order valence-electron chi connectivity index (χ3n) is 7.33. The lowest BCUT2D eigenvalue weighted by molar-refractivity contribution is -0.117. The van der Waals surface area contributed by atoms with E-state index >= 15 is 0 Å². The van der Waals surface area contributed by atoms with Crippen molar-refractivity contribution in [1.82, 2.24) is 14.9 Å². The lowest BCUT2D eigenvalue weighted by atomic mass is 9.89. The molecule has 3 aliphatic rings. The van der Waals surface area contributed by atoms with Crippen molar-refractivity contribution in [3.8, 4) is 0 Å². The van der Waals surface area contributed by atoms with Crippen LogP contribution in [-0.4, -0.2) is 46.5 Å². The van der Waals surface area contributed by atoms with Crippen LogP contribution in [0.15, 0.2) is 47.4 Å². The minimum absolute atomic E-state index is 0.0785. The smallest absolute Gasteiger partial charge is 0.259 e. The fourth-order valence-corrected chi connectivity index (χ4v) is 5.33. The third kappa shape index (κ3) is 4.02. The van der Waals surface area contributed by atoms with E-state index in [-0.39, 0.29) is 11.5 Å². The largest absolute Gasteiger partial charge is 0.339 e. The van der Waals surface area contributed by atoms with Crippen molar-refractivity contribution < 1.29 is 4.79 Å². The van der Waals surface area contributed by atoms with Gasteiger partial charge in [-0.05, 0) is 86.3 Å². The molecular formula is C26H29N5O2. The number of hydrogen-bond donors (Lipinski definition) is 2. The van der Waals surface area contributed by atoms with E-state index in [0.717, 1.165) is 23.5 Å². The van der Waals surface area contributed by atoms with E-state index in [1.165, 1.54) is 44.3 Å². The minimum Gasteiger partial charge on any atom is -0.339 e. The van der Waals surface area contributed by atoms with Crippen LogP contribution in [0, 0.1) is 0 Å². The lowest BCUT2D eigenvalue weighted by Crippen LogP contribution is -2.34. The number of rotatable bonds is 5. The van der Waals surface area contributed by atoms with E-state index in [9.17, 15) is 9.59 Å². The first-order valence-corrected chi connectivity index (χ1v) is 12.1. The second kappa shape index (κ2) is 8.30. The highest BCUT2D eigenvalue weighted by Gasteiger charge is 2.32. The van der Waals surface area contributed by atoms with Crippen LogP contribution in [0.4, 0.5) is 17.3 Å². The van der Waals surface area contributed by atoms with Gasteiger partial charge >= 0.3 is 0 Å². The van der Waals surface area contributed by atoms with Gasteiger partial charge in [-0.25, -0.2) is 4.98 Å². The third-order valence-corrected chi connectivity index (χ3v) is 7.33. The van der Waals surface area contributed by atoms with Gasteiger partial charge in [-0.3, -0.25) is 14.5 Å². The number of pyridine rings is 2. The summed E-state index contributed by atoms with van der Waals surface area (Å²) >= 11 is 0. The normalized spacial score (nSPS) is 20.0. The Morgan fingerprint density at radius 1 is 0.970 bits per heavy atom. The Bertz CT molecular complexity index is 1240. The molecule has 0 spiro atoms. The number of H-pyrrole nitrogens is 1. The summed E-state index contributed by atoms with van der Waals surface area (Å²) in [6.07, 6.45) is 8.20. The van der Waals surface area contributed by atoms with Gasteiger partial charge in [0.1, 0.15) is 11.6 Å². The zero-order valence-corrected chi connectivity index (χ0v) is 18.7. The topological polar surface area (TPSA) is 81.3 Å². The average molecular weight is 444 g/mol. The number of nitrogens with one attached hydrogen (secondary N) is 2. The van der Waals surface area contributed by atoms with Gasteiger partial charge < -0.3 is 15.2 Å². The summed E-state index contributed by atoms with van der Waals surface area (Å²) in [6, 6.07) is 13.1. The molecular weight excluding hydrogens is 414 g/mol. The van der Waals surface area contributed by atoms with Crippen molar-refractivity contribution in [3.63, 3.8) is 0 Å². The molecule has 3 fully saturated rings. The van der Waals surface area contributed by atoms with Crippen LogP contribution in [-0.2, 0) is 4.79 Å². The van der Waals surface area contributed by atoms with Crippen LogP contribution < -0.4 is 15.8 Å². The Morgan fingerprint density at radius 2 is 1.76 bits per heavy atom. The zero-order chi connectivity index (χ0) is 22.4. The summed E-state index contributed by atoms with van der Waals surface area (Å²) in [5, 5.41) is 4.62. The number of fused-ring (bicyclic) bond motifs is 1. The van der Waals surface area contributed by atoms with Gasteiger partial charge in [0.2, 0.25) is 5.91 Å². The predicted octanol–water partition coefficient (Wildman–Crippen LogP) is 4.14. The molecule has 1 aromatic carbocycles. The van der Waals surface area contributed by atoms with Crippen LogP contribution in [0.1, 0.15) is 50.0 Å². The standard InChI is InChI=1S/C26H29N5O2/c32-23-2-1-13-31(23)22-16-19-9-12-27-26(33)24(19)25(29-22)28-20-5-3-17(4-6-20)18-10-14-30(15-11-18)21-7-8-21/h3-6,9,12,16,18,21H,1-2,7-8,10-11,13-15H2,(H,27,33)(H,28,29). The first kappa shape index (κ1) is 20.4. The summed E-state index contributed by atoms with van der Waals surface area (Å²) in [5.41, 5.74) is 2.07. The molecule has 1 amide bonds. The maximum Gasteiger partial charge on any atom is 0.259 e. The van der Waals surface area contributed by atoms with Crippen molar-refractivity contribution in [2.24, 2.45) is 0 Å². The van der Waals surface area contributed by atoms with E-state index in [1.807, 2.05) is 12.1 Å². The second-order valence-corrected chi connectivity index (χ2v) is 9.54. The van der Waals surface area contributed by atoms with E-state index in [1.54, 1.807) is 11.1 Å². The first-order valence-electron chi connectivity index (χ1n) is 12.1. The molecule has 2 N–H and O–H groups in total. The average Bonchev–Trinajstić information content (AvgIpc) is 3.60. The summed E-state index contributed by atoms with van der Waals surface area (Å²) in [5.74, 6) is 1.77. The highest BCUT2D eigenvalue weighted by atomic mass is 16.2. The highest BCUT2D eigenvalue weighted by molar-refractivity contribution is 5.99. The van der Waals surface area contributed by atoms with Crippen molar-refractivity contribution in [2.75, 3.05) is 29.9 Å². The number of piperidine rings is 1. The van der Waals surface area contributed by atoms with Crippen molar-refractivity contribution in [1.29, 1.82) is 0 Å². The molecule has 4 heterocycles. The fourth-order valence-electron chi connectivity index (χ4n) is 5.33. The van der Waals surface area contributed by atoms with E-state index < -0.39 is 0 Å². The molecule has 1 saturated carbocycles. The molecule has 6 rings (SSSR count). The van der Waals surface area contributed by atoms with Crippen molar-refractivity contribution in [3.05, 3.63) is 58.5 Å². The summed E-state index contributed by atoms with van der Waals surface area (Å²) in [6.45, 7) is 3.07. The molecule has 7 heteroatoms. The van der Waals surface area contributed by atoms with E-state index in [0.29, 0.717) is 35.9 Å². The van der Waals surface area contributed by atoms with Crippen LogP contribution >= 0.6 is 0 Å². The molecule has 0 atom stereocenters. The number of aromatic nitrogens is 2. The summed E-state index contributed by atoms with van der Waals surface area (Å²) in [7, 11) is 0. The predicted molar refractivity (Wildman–Crippen MR) is 130 cm³/mol. The molecule has 1 aliphatic carbocycles. The van der Waals surface area contributed by atoms with Crippen LogP contribution in [0.25, 0.3) is 10.8 Å². The maximum absolute atomic E-state index is 12.6. The van der Waals surface area contributed by atoms with Gasteiger partial charge in [-0.15, -0.1) is 0 Å². The SMILES string of the molecule is O=C1CCCN1c1cc2cc[nH]c(=O)c2c(Nc2ccc(C3CCN(C4CC4)CC3)cc2)n1. The van der Waals surface area contributed by atoms with Gasteiger partial charge in [0, 0.05) is 30.9 Å². The monoisotopic (exact) mass is 443 g/mol. The Balaban J connectivity index is 1.26. The van der Waals surface area contributed by atoms with Gasteiger partial charge in [-0.1, -0.05) is 12.1 Å². The zero-order valence-electron chi connectivity index (χ0n) is 18.7. The van der Waals surface area contributed by atoms with Gasteiger partial charge in [0.15, 0.2) is 0 Å². The Hall–Kier alpha value is -3.19. The number of hydrogen-bond acceptors (Lipinski definition) is 5. The van der Waals surface area contributed by atoms with Gasteiger partial charge in [0.05, 0.1) is 5.39 Å². The minimum atomic E-state index is -0.194. The van der Waals surface area contributed by atoms with E-state index in [2.05, 4.69) is 39.5 Å². The molecule has 33 heavy (non-hydrogen) atoms.